The second-order valence-corrected chi connectivity index (χ2v) is 2.19. The molecule has 0 aliphatic rings. The van der Waals surface area contributed by atoms with Gasteiger partial charge in [-0.05, 0) is 0 Å². The van der Waals surface area contributed by atoms with Crippen molar-refractivity contribution in [1.82, 2.24) is 14.8 Å². The van der Waals surface area contributed by atoms with Crippen LogP contribution >= 0.6 is 0 Å². The van der Waals surface area contributed by atoms with E-state index >= 15 is 0 Å². The van der Waals surface area contributed by atoms with Crippen molar-refractivity contribution in [3.63, 3.8) is 0 Å². The van der Waals surface area contributed by atoms with Gasteiger partial charge in [0.25, 0.3) is 5.82 Å². The van der Waals surface area contributed by atoms with Crippen molar-refractivity contribution in [2.45, 2.75) is 6.18 Å². The zero-order valence-corrected chi connectivity index (χ0v) is 6.33. The van der Waals surface area contributed by atoms with E-state index in [2.05, 4.69) is 10.1 Å². The lowest BCUT2D eigenvalue weighted by Crippen LogP contribution is -2.13. The molecule has 0 spiro atoms. The van der Waals surface area contributed by atoms with Gasteiger partial charge in [0.15, 0.2) is 0 Å². The molecule has 8 heteroatoms. The van der Waals surface area contributed by atoms with Crippen LogP contribution in [-0.2, 0) is 13.2 Å². The van der Waals surface area contributed by atoms with E-state index in [1.165, 1.54) is 0 Å². The van der Waals surface area contributed by atoms with Crippen molar-refractivity contribution in [2.24, 2.45) is 7.05 Å². The van der Waals surface area contributed by atoms with E-state index < -0.39 is 23.8 Å². The average Bonchev–Trinajstić information content (AvgIpc) is 2.29. The molecular weight excluding hydrogens is 191 g/mol. The Kier molecular flexibility index (Phi) is 1.98. The van der Waals surface area contributed by atoms with Gasteiger partial charge in [0.1, 0.15) is 0 Å². The first-order valence-electron chi connectivity index (χ1n) is 3.04. The van der Waals surface area contributed by atoms with Crippen molar-refractivity contribution in [3.05, 3.63) is 11.6 Å². The lowest BCUT2D eigenvalue weighted by atomic mass is 10.6. The first-order chi connectivity index (χ1) is 5.82. The standard InChI is InChI=1S/C5H4F3N3O2/c1-11-4(5(6,7)8)9-2(10-11)3(12)13/h1H3,(H,12,13). The second-order valence-electron chi connectivity index (χ2n) is 2.19. The monoisotopic (exact) mass is 195 g/mol. The third-order valence-electron chi connectivity index (χ3n) is 1.21. The van der Waals surface area contributed by atoms with Crippen molar-refractivity contribution in [2.75, 3.05) is 0 Å². The molecular formula is C5H4F3N3O2. The minimum absolute atomic E-state index is 0.378. The lowest BCUT2D eigenvalue weighted by Gasteiger charge is -2.02. The van der Waals surface area contributed by atoms with Crippen LogP contribution in [0.3, 0.4) is 0 Å². The number of carboxylic acid groups (broad SMARTS) is 1. The third kappa shape index (κ3) is 1.76. The Morgan fingerprint density at radius 3 is 2.31 bits per heavy atom. The first kappa shape index (κ1) is 9.49. The highest BCUT2D eigenvalue weighted by molar-refractivity contribution is 5.82. The highest BCUT2D eigenvalue weighted by Crippen LogP contribution is 2.26. The molecule has 0 aliphatic heterocycles. The van der Waals surface area contributed by atoms with E-state index in [0.717, 1.165) is 7.05 Å². The van der Waals surface area contributed by atoms with Crippen LogP contribution in [0.4, 0.5) is 13.2 Å². The maximum Gasteiger partial charge on any atom is 0.451 e. The molecule has 0 bridgehead atoms. The SMILES string of the molecule is Cn1nc(C(=O)O)nc1C(F)(F)F. The van der Waals surface area contributed by atoms with Crippen molar-refractivity contribution >= 4 is 5.97 Å². The summed E-state index contributed by atoms with van der Waals surface area (Å²) in [5, 5.41) is 11.3. The Balaban J connectivity index is 3.18. The van der Waals surface area contributed by atoms with E-state index in [1.807, 2.05) is 0 Å². The zero-order chi connectivity index (χ0) is 10.2. The largest absolute Gasteiger partial charge is 0.475 e. The number of rotatable bonds is 1. The van der Waals surface area contributed by atoms with Gasteiger partial charge in [-0.15, -0.1) is 5.10 Å². The summed E-state index contributed by atoms with van der Waals surface area (Å²) in [7, 11) is 0.974. The Labute approximate surface area is 69.8 Å². The number of aromatic nitrogens is 3. The molecule has 0 saturated carbocycles. The average molecular weight is 195 g/mol. The van der Waals surface area contributed by atoms with Gasteiger partial charge < -0.3 is 5.11 Å². The highest BCUT2D eigenvalue weighted by atomic mass is 19.4. The van der Waals surface area contributed by atoms with Crippen LogP contribution in [0.15, 0.2) is 0 Å². The van der Waals surface area contributed by atoms with Gasteiger partial charge in [-0.3, -0.25) is 0 Å². The molecule has 1 aromatic rings. The highest BCUT2D eigenvalue weighted by Gasteiger charge is 2.37. The van der Waals surface area contributed by atoms with E-state index in [4.69, 9.17) is 5.11 Å². The fourth-order valence-electron chi connectivity index (χ4n) is 0.722. The smallest absolute Gasteiger partial charge is 0.451 e. The molecule has 0 unspecified atom stereocenters. The molecule has 0 fully saturated rings. The number of halogens is 3. The van der Waals surface area contributed by atoms with Crippen LogP contribution in [0.1, 0.15) is 16.4 Å². The summed E-state index contributed by atoms with van der Waals surface area (Å²) < 4.78 is 36.4. The summed E-state index contributed by atoms with van der Waals surface area (Å²) in [6.45, 7) is 0. The molecule has 0 radical (unpaired) electrons. The molecule has 72 valence electrons. The first-order valence-corrected chi connectivity index (χ1v) is 3.04. The predicted molar refractivity (Wildman–Crippen MR) is 33.0 cm³/mol. The molecule has 13 heavy (non-hydrogen) atoms. The van der Waals surface area contributed by atoms with Gasteiger partial charge in [-0.25, -0.2) is 9.48 Å². The normalized spacial score (nSPS) is 11.7. The molecule has 1 rings (SSSR count). The molecule has 0 atom stereocenters. The number of hydrogen-bond donors (Lipinski definition) is 1. The molecule has 0 amide bonds. The van der Waals surface area contributed by atoms with Crippen molar-refractivity contribution in [3.8, 4) is 0 Å². The molecule has 0 aromatic carbocycles. The van der Waals surface area contributed by atoms with Gasteiger partial charge in [-0.1, -0.05) is 0 Å². The van der Waals surface area contributed by atoms with Crippen LogP contribution < -0.4 is 0 Å². The Bertz CT molecular complexity index is 343. The van der Waals surface area contributed by atoms with Crippen molar-refractivity contribution in [1.29, 1.82) is 0 Å². The van der Waals surface area contributed by atoms with E-state index in [0.29, 0.717) is 4.68 Å². The number of aryl methyl sites for hydroxylation is 1. The van der Waals surface area contributed by atoms with Crippen molar-refractivity contribution < 1.29 is 23.1 Å². The van der Waals surface area contributed by atoms with E-state index in [-0.39, 0.29) is 0 Å². The Morgan fingerprint density at radius 1 is 1.54 bits per heavy atom. The number of hydrogen-bond acceptors (Lipinski definition) is 3. The second kappa shape index (κ2) is 2.71. The van der Waals surface area contributed by atoms with Gasteiger partial charge in [-0.2, -0.15) is 18.2 Å². The molecule has 1 heterocycles. The quantitative estimate of drug-likeness (QED) is 0.709. The van der Waals surface area contributed by atoms with Crippen LogP contribution in [0.25, 0.3) is 0 Å². The number of carboxylic acids is 1. The molecule has 1 aromatic heterocycles. The Hall–Kier alpha value is -1.60. The molecule has 0 aliphatic carbocycles. The number of aromatic carboxylic acids is 1. The Morgan fingerprint density at radius 2 is 2.08 bits per heavy atom. The summed E-state index contributed by atoms with van der Waals surface area (Å²) in [6.07, 6.45) is -4.69. The van der Waals surface area contributed by atoms with E-state index in [9.17, 15) is 18.0 Å². The van der Waals surface area contributed by atoms with Gasteiger partial charge in [0.05, 0.1) is 0 Å². The fourth-order valence-corrected chi connectivity index (χ4v) is 0.722. The minimum Gasteiger partial charge on any atom is -0.475 e. The summed E-state index contributed by atoms with van der Waals surface area (Å²) in [6, 6.07) is 0. The summed E-state index contributed by atoms with van der Waals surface area (Å²) in [5.74, 6) is -3.79. The van der Waals surface area contributed by atoms with Gasteiger partial charge in [0.2, 0.25) is 5.82 Å². The van der Waals surface area contributed by atoms with E-state index in [1.54, 1.807) is 0 Å². The predicted octanol–water partition coefficient (Wildman–Crippen LogP) is 0.532. The molecule has 0 saturated heterocycles. The summed E-state index contributed by atoms with van der Waals surface area (Å²) >= 11 is 0. The topological polar surface area (TPSA) is 68.0 Å². The summed E-state index contributed by atoms with van der Waals surface area (Å²) in [4.78, 5) is 13.0. The minimum atomic E-state index is -4.69. The van der Waals surface area contributed by atoms with Crippen LogP contribution in [0.2, 0.25) is 0 Å². The van der Waals surface area contributed by atoms with Crippen LogP contribution in [0, 0.1) is 0 Å². The number of nitrogens with zero attached hydrogens (tertiary/aromatic N) is 3. The maximum atomic E-state index is 12.0. The van der Waals surface area contributed by atoms with Crippen LogP contribution in [-0.4, -0.2) is 25.8 Å². The molecule has 1 N–H and O–H groups in total. The number of carbonyl (C=O) groups is 1. The van der Waals surface area contributed by atoms with Crippen LogP contribution in [0.5, 0.6) is 0 Å². The van der Waals surface area contributed by atoms with Gasteiger partial charge in [0, 0.05) is 7.05 Å². The maximum absolute atomic E-state index is 12.0. The zero-order valence-electron chi connectivity index (χ0n) is 6.33. The molecule has 5 nitrogen and oxygen atoms in total. The van der Waals surface area contributed by atoms with Gasteiger partial charge >= 0.3 is 12.1 Å². The summed E-state index contributed by atoms with van der Waals surface area (Å²) in [5.41, 5.74) is 0. The fraction of sp³-hybridized carbons (Fsp3) is 0.400. The third-order valence-corrected chi connectivity index (χ3v) is 1.21. The lowest BCUT2D eigenvalue weighted by molar-refractivity contribution is -0.147. The number of alkyl halides is 3.